The highest BCUT2D eigenvalue weighted by molar-refractivity contribution is 7.98. The Kier molecular flexibility index (Phi) is 5.42. The maximum Gasteiger partial charge on any atom is 0.113 e. The van der Waals surface area contributed by atoms with Gasteiger partial charge in [-0.3, -0.25) is 0 Å². The van der Waals surface area contributed by atoms with Crippen molar-refractivity contribution in [2.75, 3.05) is 25.5 Å². The smallest absolute Gasteiger partial charge is 0.113 e. The number of furan rings is 1. The Hall–Kier alpha value is -0.450. The Morgan fingerprint density at radius 3 is 3.18 bits per heavy atom. The van der Waals surface area contributed by atoms with Gasteiger partial charge >= 0.3 is 0 Å². The molecule has 2 rings (SSSR count). The fraction of sp³-hybridized carbons (Fsp3) is 0.692. The van der Waals surface area contributed by atoms with Crippen LogP contribution in [0, 0.1) is 5.92 Å². The molecule has 0 radical (unpaired) electrons. The van der Waals surface area contributed by atoms with E-state index in [-0.39, 0.29) is 0 Å². The Labute approximate surface area is 107 Å². The van der Waals surface area contributed by atoms with Crippen molar-refractivity contribution in [2.45, 2.75) is 25.1 Å². The molecule has 1 saturated heterocycles. The third-order valence-corrected chi connectivity index (χ3v) is 4.21. The predicted octanol–water partition coefficient (Wildman–Crippen LogP) is 2.53. The van der Waals surface area contributed by atoms with Gasteiger partial charge in [-0.1, -0.05) is 6.92 Å². The highest BCUT2D eigenvalue weighted by Crippen LogP contribution is 2.21. The number of ether oxygens (including phenoxy) is 1. The molecule has 2 atom stereocenters. The molecular weight excluding hydrogens is 234 g/mol. The van der Waals surface area contributed by atoms with Gasteiger partial charge in [0, 0.05) is 24.3 Å². The van der Waals surface area contributed by atoms with Crippen LogP contribution in [0.3, 0.4) is 0 Å². The quantitative estimate of drug-likeness (QED) is 0.812. The van der Waals surface area contributed by atoms with E-state index in [9.17, 15) is 0 Å². The summed E-state index contributed by atoms with van der Waals surface area (Å²) in [5.74, 6) is 3.83. The first-order valence-electron chi connectivity index (χ1n) is 6.31. The summed E-state index contributed by atoms with van der Waals surface area (Å²) in [6, 6.07) is 4.55. The van der Waals surface area contributed by atoms with E-state index in [2.05, 4.69) is 12.2 Å². The lowest BCUT2D eigenvalue weighted by atomic mass is 10.0. The third kappa shape index (κ3) is 4.05. The van der Waals surface area contributed by atoms with Crippen molar-refractivity contribution < 1.29 is 9.15 Å². The molecule has 1 aromatic rings. The maximum absolute atomic E-state index is 5.47. The van der Waals surface area contributed by atoms with E-state index in [0.717, 1.165) is 37.0 Å². The van der Waals surface area contributed by atoms with Crippen molar-refractivity contribution in [3.63, 3.8) is 0 Å². The van der Waals surface area contributed by atoms with Gasteiger partial charge in [-0.25, -0.2) is 0 Å². The topological polar surface area (TPSA) is 34.4 Å². The molecule has 0 bridgehead atoms. The molecule has 0 amide bonds. The molecule has 0 saturated carbocycles. The lowest BCUT2D eigenvalue weighted by Crippen LogP contribution is -2.38. The van der Waals surface area contributed by atoms with Crippen molar-refractivity contribution in [1.29, 1.82) is 0 Å². The molecule has 1 fully saturated rings. The molecule has 0 spiro atoms. The summed E-state index contributed by atoms with van der Waals surface area (Å²) in [5, 5.41) is 3.57. The lowest BCUT2D eigenvalue weighted by molar-refractivity contribution is 0.179. The summed E-state index contributed by atoms with van der Waals surface area (Å²) in [7, 11) is 0. The van der Waals surface area contributed by atoms with E-state index in [1.54, 1.807) is 6.26 Å². The van der Waals surface area contributed by atoms with Crippen molar-refractivity contribution in [2.24, 2.45) is 5.92 Å². The summed E-state index contributed by atoms with van der Waals surface area (Å²) in [5.41, 5.74) is 0. The summed E-state index contributed by atoms with van der Waals surface area (Å²) in [6.45, 7) is 5.04. The molecule has 1 aliphatic rings. The predicted molar refractivity (Wildman–Crippen MR) is 71.3 cm³/mol. The molecule has 0 aromatic carbocycles. The van der Waals surface area contributed by atoms with Crippen LogP contribution < -0.4 is 5.32 Å². The highest BCUT2D eigenvalue weighted by Gasteiger charge is 2.24. The molecule has 2 heterocycles. The molecule has 0 aliphatic carbocycles. The Bertz CT molecular complexity index is 296. The minimum atomic E-state index is 0.572. The van der Waals surface area contributed by atoms with Crippen LogP contribution in [-0.2, 0) is 10.5 Å². The molecule has 3 nitrogen and oxygen atoms in total. The first kappa shape index (κ1) is 13.0. The molecule has 96 valence electrons. The van der Waals surface area contributed by atoms with Gasteiger partial charge in [-0.15, -0.1) is 0 Å². The van der Waals surface area contributed by atoms with Gasteiger partial charge in [0.2, 0.25) is 0 Å². The molecule has 1 N–H and O–H groups in total. The van der Waals surface area contributed by atoms with E-state index in [1.807, 2.05) is 23.9 Å². The molecule has 1 aromatic heterocycles. The average molecular weight is 255 g/mol. The van der Waals surface area contributed by atoms with Gasteiger partial charge in [-0.2, -0.15) is 11.8 Å². The zero-order chi connectivity index (χ0) is 11.9. The molecular formula is C13H21NO2S. The van der Waals surface area contributed by atoms with Crippen LogP contribution >= 0.6 is 11.8 Å². The van der Waals surface area contributed by atoms with Crippen molar-refractivity contribution in [1.82, 2.24) is 5.32 Å². The van der Waals surface area contributed by atoms with E-state index >= 15 is 0 Å². The SMILES string of the molecule is CCNC(CSCc1ccco1)C1CCOC1. The van der Waals surface area contributed by atoms with Crippen LogP contribution in [-0.4, -0.2) is 31.6 Å². The largest absolute Gasteiger partial charge is 0.468 e. The van der Waals surface area contributed by atoms with Gasteiger partial charge < -0.3 is 14.5 Å². The van der Waals surface area contributed by atoms with Crippen LogP contribution in [0.1, 0.15) is 19.1 Å². The lowest BCUT2D eigenvalue weighted by Gasteiger charge is -2.22. The van der Waals surface area contributed by atoms with Crippen LogP contribution in [0.4, 0.5) is 0 Å². The van der Waals surface area contributed by atoms with Crippen LogP contribution in [0.15, 0.2) is 22.8 Å². The number of rotatable bonds is 7. The number of nitrogens with one attached hydrogen (secondary N) is 1. The maximum atomic E-state index is 5.47. The van der Waals surface area contributed by atoms with E-state index in [1.165, 1.54) is 6.42 Å². The van der Waals surface area contributed by atoms with E-state index < -0.39 is 0 Å². The van der Waals surface area contributed by atoms with Crippen molar-refractivity contribution >= 4 is 11.8 Å². The Morgan fingerprint density at radius 1 is 1.59 bits per heavy atom. The Morgan fingerprint density at radius 2 is 2.53 bits per heavy atom. The minimum Gasteiger partial charge on any atom is -0.468 e. The van der Waals surface area contributed by atoms with E-state index in [0.29, 0.717) is 12.0 Å². The van der Waals surface area contributed by atoms with Crippen LogP contribution in [0.2, 0.25) is 0 Å². The highest BCUT2D eigenvalue weighted by atomic mass is 32.2. The fourth-order valence-electron chi connectivity index (χ4n) is 2.18. The van der Waals surface area contributed by atoms with Crippen LogP contribution in [0.5, 0.6) is 0 Å². The van der Waals surface area contributed by atoms with Crippen molar-refractivity contribution in [3.05, 3.63) is 24.2 Å². The van der Waals surface area contributed by atoms with Gasteiger partial charge in [0.05, 0.1) is 18.6 Å². The average Bonchev–Trinajstić information content (AvgIpc) is 3.01. The van der Waals surface area contributed by atoms with Crippen molar-refractivity contribution in [3.8, 4) is 0 Å². The Balaban J connectivity index is 1.73. The second-order valence-electron chi connectivity index (χ2n) is 4.38. The van der Waals surface area contributed by atoms with Gasteiger partial charge in [-0.05, 0) is 25.1 Å². The number of thioether (sulfide) groups is 1. The first-order chi connectivity index (χ1) is 8.40. The second kappa shape index (κ2) is 7.09. The zero-order valence-electron chi connectivity index (χ0n) is 10.4. The standard InChI is InChI=1S/C13H21NO2S/c1-2-14-13(11-5-7-15-8-11)10-17-9-12-4-3-6-16-12/h3-4,6,11,13-14H,2,5,7-10H2,1H3. The third-order valence-electron chi connectivity index (χ3n) is 3.12. The normalized spacial score (nSPS) is 21.8. The summed E-state index contributed by atoms with van der Waals surface area (Å²) in [6.07, 6.45) is 2.93. The molecule has 1 aliphatic heterocycles. The van der Waals surface area contributed by atoms with Crippen LogP contribution in [0.25, 0.3) is 0 Å². The summed E-state index contributed by atoms with van der Waals surface area (Å²) in [4.78, 5) is 0. The van der Waals surface area contributed by atoms with Gasteiger partial charge in [0.1, 0.15) is 5.76 Å². The van der Waals surface area contributed by atoms with E-state index in [4.69, 9.17) is 9.15 Å². The van der Waals surface area contributed by atoms with Gasteiger partial charge in [0.25, 0.3) is 0 Å². The fourth-order valence-corrected chi connectivity index (χ4v) is 3.30. The first-order valence-corrected chi connectivity index (χ1v) is 7.47. The number of hydrogen-bond donors (Lipinski definition) is 1. The zero-order valence-corrected chi connectivity index (χ0v) is 11.2. The molecule has 2 unspecified atom stereocenters. The molecule has 17 heavy (non-hydrogen) atoms. The number of hydrogen-bond acceptors (Lipinski definition) is 4. The minimum absolute atomic E-state index is 0.572. The summed E-state index contributed by atoms with van der Waals surface area (Å²) >= 11 is 1.93. The monoisotopic (exact) mass is 255 g/mol. The summed E-state index contributed by atoms with van der Waals surface area (Å²) < 4.78 is 10.8. The van der Waals surface area contributed by atoms with Gasteiger partial charge in [0.15, 0.2) is 0 Å². The second-order valence-corrected chi connectivity index (χ2v) is 5.41. The molecule has 4 heteroatoms.